The van der Waals surface area contributed by atoms with Crippen LogP contribution in [0.2, 0.25) is 0 Å². The van der Waals surface area contributed by atoms with Crippen molar-refractivity contribution >= 4 is 17.5 Å². The van der Waals surface area contributed by atoms with Crippen molar-refractivity contribution in [1.29, 1.82) is 0 Å². The lowest BCUT2D eigenvalue weighted by atomic mass is 9.96. The number of nitrogens with zero attached hydrogens (tertiary/aromatic N) is 1. The summed E-state index contributed by atoms with van der Waals surface area (Å²) in [4.78, 5) is 27.0. The SMILES string of the molecule is COc1ccc(N2C(=O)CC[C@@]2(C)C(=O)NCCC(C)C)c(OC)c1. The first-order valence-electron chi connectivity index (χ1n) is 8.67. The van der Waals surface area contributed by atoms with Crippen molar-refractivity contribution < 1.29 is 19.1 Å². The highest BCUT2D eigenvalue weighted by atomic mass is 16.5. The van der Waals surface area contributed by atoms with Gasteiger partial charge >= 0.3 is 0 Å². The fraction of sp³-hybridized carbons (Fsp3) is 0.579. The third-order valence-electron chi connectivity index (χ3n) is 4.69. The average Bonchev–Trinajstić information content (AvgIpc) is 2.90. The summed E-state index contributed by atoms with van der Waals surface area (Å²) in [5, 5.41) is 2.98. The largest absolute Gasteiger partial charge is 0.497 e. The Morgan fingerprint density at radius 2 is 2.04 bits per heavy atom. The molecule has 1 N–H and O–H groups in total. The van der Waals surface area contributed by atoms with Crippen molar-refractivity contribution in [1.82, 2.24) is 5.32 Å². The summed E-state index contributed by atoms with van der Waals surface area (Å²) in [7, 11) is 3.11. The molecular formula is C19H28N2O4. The van der Waals surface area contributed by atoms with Crippen LogP contribution in [0.4, 0.5) is 5.69 Å². The lowest BCUT2D eigenvalue weighted by molar-refractivity contribution is -0.127. The number of hydrogen-bond acceptors (Lipinski definition) is 4. The van der Waals surface area contributed by atoms with Gasteiger partial charge in [-0.1, -0.05) is 13.8 Å². The molecule has 0 spiro atoms. The maximum atomic E-state index is 12.8. The van der Waals surface area contributed by atoms with E-state index in [-0.39, 0.29) is 11.8 Å². The van der Waals surface area contributed by atoms with E-state index in [9.17, 15) is 9.59 Å². The van der Waals surface area contributed by atoms with Gasteiger partial charge in [-0.05, 0) is 37.8 Å². The summed E-state index contributed by atoms with van der Waals surface area (Å²) in [6.07, 6.45) is 1.72. The van der Waals surface area contributed by atoms with E-state index < -0.39 is 5.54 Å². The van der Waals surface area contributed by atoms with Crippen LogP contribution in [0.25, 0.3) is 0 Å². The van der Waals surface area contributed by atoms with Crippen LogP contribution in [0.15, 0.2) is 18.2 Å². The standard InChI is InChI=1S/C19H28N2O4/c1-13(2)9-11-20-18(23)19(3)10-8-17(22)21(19)15-7-6-14(24-4)12-16(15)25-5/h6-7,12-13H,8-11H2,1-5H3,(H,20,23)/t19-/m0/s1. The van der Waals surface area contributed by atoms with Gasteiger partial charge in [-0.15, -0.1) is 0 Å². The zero-order valence-corrected chi connectivity index (χ0v) is 15.7. The molecule has 1 heterocycles. The Hall–Kier alpha value is -2.24. The smallest absolute Gasteiger partial charge is 0.246 e. The van der Waals surface area contributed by atoms with E-state index in [1.54, 1.807) is 37.3 Å². The van der Waals surface area contributed by atoms with E-state index in [1.165, 1.54) is 0 Å². The molecule has 0 bridgehead atoms. The average molecular weight is 348 g/mol. The van der Waals surface area contributed by atoms with Gasteiger partial charge in [0.15, 0.2) is 0 Å². The van der Waals surface area contributed by atoms with E-state index >= 15 is 0 Å². The molecule has 1 aliphatic heterocycles. The highest BCUT2D eigenvalue weighted by Crippen LogP contribution is 2.41. The summed E-state index contributed by atoms with van der Waals surface area (Å²) in [5.74, 6) is 1.45. The van der Waals surface area contributed by atoms with E-state index in [2.05, 4.69) is 19.2 Å². The summed E-state index contributed by atoms with van der Waals surface area (Å²) in [6, 6.07) is 5.25. The second-order valence-electron chi connectivity index (χ2n) is 6.98. The summed E-state index contributed by atoms with van der Waals surface area (Å²) in [5.41, 5.74) is -0.331. The monoisotopic (exact) mass is 348 g/mol. The normalized spacial score (nSPS) is 20.1. The van der Waals surface area contributed by atoms with Gasteiger partial charge in [-0.2, -0.15) is 0 Å². The van der Waals surface area contributed by atoms with Crippen LogP contribution < -0.4 is 19.7 Å². The Morgan fingerprint density at radius 3 is 2.64 bits per heavy atom. The molecule has 0 aliphatic carbocycles. The summed E-state index contributed by atoms with van der Waals surface area (Å²) in [6.45, 7) is 6.64. The quantitative estimate of drug-likeness (QED) is 0.823. The van der Waals surface area contributed by atoms with Crippen molar-refractivity contribution in [2.24, 2.45) is 5.92 Å². The van der Waals surface area contributed by atoms with Gasteiger partial charge in [0.2, 0.25) is 11.8 Å². The van der Waals surface area contributed by atoms with Crippen LogP contribution in [0.3, 0.4) is 0 Å². The lowest BCUT2D eigenvalue weighted by Crippen LogP contribution is -2.55. The minimum Gasteiger partial charge on any atom is -0.497 e. The minimum absolute atomic E-state index is 0.0787. The molecule has 0 saturated carbocycles. The van der Waals surface area contributed by atoms with Gasteiger partial charge in [0.25, 0.3) is 0 Å². The van der Waals surface area contributed by atoms with Crippen LogP contribution in [-0.4, -0.2) is 38.1 Å². The van der Waals surface area contributed by atoms with Gasteiger partial charge in [-0.25, -0.2) is 0 Å². The first-order valence-corrected chi connectivity index (χ1v) is 8.67. The van der Waals surface area contributed by atoms with Gasteiger partial charge in [0, 0.05) is 19.0 Å². The fourth-order valence-electron chi connectivity index (χ4n) is 3.10. The zero-order chi connectivity index (χ0) is 18.6. The van der Waals surface area contributed by atoms with Crippen LogP contribution in [0.5, 0.6) is 11.5 Å². The molecule has 6 heteroatoms. The second kappa shape index (κ2) is 7.76. The molecule has 1 aliphatic rings. The molecule has 2 rings (SSSR count). The number of ether oxygens (including phenoxy) is 2. The molecule has 1 saturated heterocycles. The molecule has 1 aromatic carbocycles. The Morgan fingerprint density at radius 1 is 1.32 bits per heavy atom. The highest BCUT2D eigenvalue weighted by Gasteiger charge is 2.48. The number of hydrogen-bond donors (Lipinski definition) is 1. The number of amides is 2. The number of carbonyl (C=O) groups excluding carboxylic acids is 2. The fourth-order valence-corrected chi connectivity index (χ4v) is 3.10. The van der Waals surface area contributed by atoms with Crippen molar-refractivity contribution in [2.45, 2.75) is 45.6 Å². The van der Waals surface area contributed by atoms with Crippen LogP contribution in [0, 0.1) is 5.92 Å². The predicted molar refractivity (Wildman–Crippen MR) is 97.1 cm³/mol. The Bertz CT molecular complexity index is 644. The molecule has 138 valence electrons. The van der Waals surface area contributed by atoms with Crippen LogP contribution in [-0.2, 0) is 9.59 Å². The van der Waals surface area contributed by atoms with Crippen molar-refractivity contribution in [3.63, 3.8) is 0 Å². The molecule has 0 radical (unpaired) electrons. The maximum absolute atomic E-state index is 12.8. The number of methoxy groups -OCH3 is 2. The topological polar surface area (TPSA) is 67.9 Å². The highest BCUT2D eigenvalue weighted by molar-refractivity contribution is 6.07. The molecule has 0 unspecified atom stereocenters. The lowest BCUT2D eigenvalue weighted by Gasteiger charge is -2.34. The van der Waals surface area contributed by atoms with Crippen LogP contribution >= 0.6 is 0 Å². The second-order valence-corrected chi connectivity index (χ2v) is 6.98. The molecule has 25 heavy (non-hydrogen) atoms. The first-order chi connectivity index (χ1) is 11.8. The zero-order valence-electron chi connectivity index (χ0n) is 15.7. The predicted octanol–water partition coefficient (Wildman–Crippen LogP) is 2.75. The summed E-state index contributed by atoms with van der Waals surface area (Å²) < 4.78 is 10.6. The summed E-state index contributed by atoms with van der Waals surface area (Å²) >= 11 is 0. The van der Waals surface area contributed by atoms with Crippen LogP contribution in [0.1, 0.15) is 40.0 Å². The van der Waals surface area contributed by atoms with Gasteiger partial charge in [-0.3, -0.25) is 14.5 Å². The van der Waals surface area contributed by atoms with E-state index in [0.717, 1.165) is 6.42 Å². The number of carbonyl (C=O) groups is 2. The molecule has 1 atom stereocenters. The minimum atomic E-state index is -0.921. The number of anilines is 1. The maximum Gasteiger partial charge on any atom is 0.246 e. The van der Waals surface area contributed by atoms with Crippen molar-refractivity contribution in [3.8, 4) is 11.5 Å². The molecule has 1 fully saturated rings. The van der Waals surface area contributed by atoms with E-state index in [1.807, 2.05) is 6.92 Å². The van der Waals surface area contributed by atoms with Gasteiger partial charge in [0.05, 0.1) is 19.9 Å². The molecular weight excluding hydrogens is 320 g/mol. The van der Waals surface area contributed by atoms with E-state index in [0.29, 0.717) is 42.5 Å². The van der Waals surface area contributed by atoms with Gasteiger partial charge in [0.1, 0.15) is 17.0 Å². The Kier molecular flexibility index (Phi) is 5.93. The number of nitrogens with one attached hydrogen (secondary N) is 1. The van der Waals surface area contributed by atoms with Crippen molar-refractivity contribution in [2.75, 3.05) is 25.7 Å². The molecule has 6 nitrogen and oxygen atoms in total. The first kappa shape index (κ1) is 19.1. The molecule has 0 aromatic heterocycles. The molecule has 1 aromatic rings. The third-order valence-corrected chi connectivity index (χ3v) is 4.69. The number of rotatable bonds is 7. The third kappa shape index (κ3) is 3.89. The van der Waals surface area contributed by atoms with E-state index in [4.69, 9.17) is 9.47 Å². The Labute approximate surface area is 149 Å². The Balaban J connectivity index is 2.31. The van der Waals surface area contributed by atoms with Crippen molar-refractivity contribution in [3.05, 3.63) is 18.2 Å². The molecule has 2 amide bonds. The van der Waals surface area contributed by atoms with Gasteiger partial charge < -0.3 is 14.8 Å². The number of benzene rings is 1.